The third-order valence-corrected chi connectivity index (χ3v) is 4.33. The highest BCUT2D eigenvalue weighted by molar-refractivity contribution is 6.30. The number of benzene rings is 1. The summed E-state index contributed by atoms with van der Waals surface area (Å²) >= 11 is 5.95. The van der Waals surface area contributed by atoms with Crippen LogP contribution < -0.4 is 5.32 Å². The Morgan fingerprint density at radius 1 is 1.28 bits per heavy atom. The molecule has 0 aliphatic rings. The van der Waals surface area contributed by atoms with Gasteiger partial charge in [-0.3, -0.25) is 4.79 Å². The van der Waals surface area contributed by atoms with Crippen LogP contribution in [-0.2, 0) is 11.2 Å². The molecule has 0 aromatic heterocycles. The molecule has 1 N–H and O–H groups in total. The van der Waals surface area contributed by atoms with E-state index in [1.54, 1.807) is 18.2 Å². The summed E-state index contributed by atoms with van der Waals surface area (Å²) in [6.45, 7) is 10.7. The number of amides is 1. The van der Waals surface area contributed by atoms with Crippen molar-refractivity contribution in [2.75, 3.05) is 0 Å². The van der Waals surface area contributed by atoms with Gasteiger partial charge in [-0.2, -0.15) is 0 Å². The fraction of sp³-hybridized carbons (Fsp3) is 0.381. The fourth-order valence-electron chi connectivity index (χ4n) is 2.59. The Labute approximate surface area is 155 Å². The largest absolute Gasteiger partial charge is 0.353 e. The van der Waals surface area contributed by atoms with Crippen molar-refractivity contribution in [3.05, 3.63) is 71.1 Å². The van der Waals surface area contributed by atoms with Crippen LogP contribution in [0.5, 0.6) is 0 Å². The Hall–Kier alpha value is -1.87. The van der Waals surface area contributed by atoms with Gasteiger partial charge in [0.05, 0.1) is 0 Å². The highest BCUT2D eigenvalue weighted by atomic mass is 35.5. The molecule has 0 heterocycles. The fourth-order valence-corrected chi connectivity index (χ4v) is 2.71. The molecular formula is C21H27ClFNO. The molecule has 1 aromatic rings. The monoisotopic (exact) mass is 363 g/mol. The molecule has 0 saturated heterocycles. The first-order chi connectivity index (χ1) is 11.8. The molecule has 0 bridgehead atoms. The number of nitrogens with one attached hydrogen (secondary N) is 1. The number of hydrogen-bond donors (Lipinski definition) is 1. The van der Waals surface area contributed by atoms with E-state index in [-0.39, 0.29) is 29.6 Å². The van der Waals surface area contributed by atoms with Gasteiger partial charge in [-0.15, -0.1) is 0 Å². The summed E-state index contributed by atoms with van der Waals surface area (Å²) in [6.07, 6.45) is 5.64. The minimum Gasteiger partial charge on any atom is -0.353 e. The quantitative estimate of drug-likeness (QED) is 0.594. The molecule has 0 fully saturated rings. The van der Waals surface area contributed by atoms with Gasteiger partial charge in [0.2, 0.25) is 5.91 Å². The Balaban J connectivity index is 3.17. The molecule has 2 unspecified atom stereocenters. The van der Waals surface area contributed by atoms with Crippen LogP contribution in [-0.4, -0.2) is 11.9 Å². The SMILES string of the molecule is C=C/C=C\C(=C(/C)F)C(Cc1ccc(Cl)cc1)C(C)NC(=O)C(C)C. The standard InChI is InChI=1S/C21H27ClFNO/c1-6-7-8-19(15(4)23)20(16(5)24-21(25)14(2)3)13-17-9-11-18(22)12-10-17/h6-12,14,16,20H,1,13H2,2-5H3,(H,24,25)/b8-7-,19-15-. The van der Waals surface area contributed by atoms with E-state index < -0.39 is 0 Å². The van der Waals surface area contributed by atoms with Crippen molar-refractivity contribution in [2.45, 2.75) is 40.2 Å². The maximum atomic E-state index is 14.2. The third kappa shape index (κ3) is 6.87. The Morgan fingerprint density at radius 3 is 2.36 bits per heavy atom. The topological polar surface area (TPSA) is 29.1 Å². The zero-order chi connectivity index (χ0) is 19.0. The van der Waals surface area contributed by atoms with Crippen molar-refractivity contribution in [3.63, 3.8) is 0 Å². The van der Waals surface area contributed by atoms with E-state index in [9.17, 15) is 9.18 Å². The molecule has 136 valence electrons. The lowest BCUT2D eigenvalue weighted by atomic mass is 9.85. The zero-order valence-corrected chi connectivity index (χ0v) is 16.1. The highest BCUT2D eigenvalue weighted by Gasteiger charge is 2.25. The van der Waals surface area contributed by atoms with Gasteiger partial charge < -0.3 is 5.32 Å². The number of rotatable bonds is 8. The van der Waals surface area contributed by atoms with E-state index in [2.05, 4.69) is 11.9 Å². The smallest absolute Gasteiger partial charge is 0.222 e. The molecule has 0 saturated carbocycles. The lowest BCUT2D eigenvalue weighted by Crippen LogP contribution is -2.41. The van der Waals surface area contributed by atoms with Crippen molar-refractivity contribution >= 4 is 17.5 Å². The molecule has 4 heteroatoms. The second-order valence-electron chi connectivity index (χ2n) is 6.47. The van der Waals surface area contributed by atoms with Gasteiger partial charge in [0, 0.05) is 22.9 Å². The number of halogens is 2. The predicted molar refractivity (Wildman–Crippen MR) is 104 cm³/mol. The number of allylic oxidation sites excluding steroid dienone is 4. The van der Waals surface area contributed by atoms with E-state index in [0.29, 0.717) is 17.0 Å². The van der Waals surface area contributed by atoms with Crippen molar-refractivity contribution in [1.29, 1.82) is 0 Å². The first-order valence-electron chi connectivity index (χ1n) is 8.46. The van der Waals surface area contributed by atoms with Gasteiger partial charge in [0.15, 0.2) is 0 Å². The summed E-state index contributed by atoms with van der Waals surface area (Å²) in [5.41, 5.74) is 1.59. The molecule has 25 heavy (non-hydrogen) atoms. The van der Waals surface area contributed by atoms with Crippen molar-refractivity contribution < 1.29 is 9.18 Å². The summed E-state index contributed by atoms with van der Waals surface area (Å²) in [6, 6.07) is 7.26. The van der Waals surface area contributed by atoms with Gasteiger partial charge in [0.1, 0.15) is 5.83 Å². The molecule has 2 atom stereocenters. The molecule has 0 radical (unpaired) electrons. The van der Waals surface area contributed by atoms with Crippen molar-refractivity contribution in [3.8, 4) is 0 Å². The molecule has 0 spiro atoms. The number of carbonyl (C=O) groups is 1. The number of carbonyl (C=O) groups excluding carboxylic acids is 1. The van der Waals surface area contributed by atoms with E-state index in [1.807, 2.05) is 45.0 Å². The summed E-state index contributed by atoms with van der Waals surface area (Å²) in [5, 5.41) is 3.66. The lowest BCUT2D eigenvalue weighted by Gasteiger charge is -2.27. The van der Waals surface area contributed by atoms with E-state index in [0.717, 1.165) is 5.56 Å². The second kappa shape index (κ2) is 10.2. The van der Waals surface area contributed by atoms with E-state index >= 15 is 0 Å². The average Bonchev–Trinajstić information content (AvgIpc) is 2.55. The minimum atomic E-state index is -0.261. The van der Waals surface area contributed by atoms with Crippen molar-refractivity contribution in [1.82, 2.24) is 5.32 Å². The third-order valence-electron chi connectivity index (χ3n) is 4.08. The minimum absolute atomic E-state index is 0.0443. The van der Waals surface area contributed by atoms with Crippen LogP contribution in [0, 0.1) is 11.8 Å². The Bertz CT molecular complexity index is 642. The van der Waals surface area contributed by atoms with E-state index in [4.69, 9.17) is 11.6 Å². The molecule has 2 nitrogen and oxygen atoms in total. The van der Waals surface area contributed by atoms with Gasteiger partial charge in [-0.1, -0.05) is 62.4 Å². The molecular weight excluding hydrogens is 337 g/mol. The van der Waals surface area contributed by atoms with Crippen molar-refractivity contribution in [2.24, 2.45) is 11.8 Å². The highest BCUT2D eigenvalue weighted by Crippen LogP contribution is 2.26. The van der Waals surface area contributed by atoms with Gasteiger partial charge in [-0.05, 0) is 43.5 Å². The molecule has 1 rings (SSSR count). The Morgan fingerprint density at radius 2 is 1.88 bits per heavy atom. The first-order valence-corrected chi connectivity index (χ1v) is 8.84. The van der Waals surface area contributed by atoms with Crippen LogP contribution in [0.2, 0.25) is 5.02 Å². The first kappa shape index (κ1) is 21.2. The number of hydrogen-bond acceptors (Lipinski definition) is 1. The maximum Gasteiger partial charge on any atom is 0.222 e. The Kier molecular flexibility index (Phi) is 8.64. The van der Waals surface area contributed by atoms with Gasteiger partial charge >= 0.3 is 0 Å². The van der Waals surface area contributed by atoms with Crippen LogP contribution in [0.1, 0.15) is 33.3 Å². The average molecular weight is 364 g/mol. The van der Waals surface area contributed by atoms with Crippen LogP contribution in [0.25, 0.3) is 0 Å². The zero-order valence-electron chi connectivity index (χ0n) is 15.4. The van der Waals surface area contributed by atoms with Crippen LogP contribution in [0.15, 0.2) is 60.5 Å². The van der Waals surface area contributed by atoms with Crippen LogP contribution in [0.4, 0.5) is 4.39 Å². The summed E-state index contributed by atoms with van der Waals surface area (Å²) in [4.78, 5) is 12.1. The molecule has 0 aliphatic carbocycles. The normalized spacial score (nSPS) is 15.0. The van der Waals surface area contributed by atoms with Crippen LogP contribution in [0.3, 0.4) is 0 Å². The summed E-state index contributed by atoms with van der Waals surface area (Å²) in [5.74, 6) is -0.633. The van der Waals surface area contributed by atoms with E-state index in [1.165, 1.54) is 6.92 Å². The molecule has 0 aliphatic heterocycles. The molecule has 1 aromatic carbocycles. The maximum absolute atomic E-state index is 14.2. The predicted octanol–water partition coefficient (Wildman–Crippen LogP) is 5.65. The van der Waals surface area contributed by atoms with Gasteiger partial charge in [0.25, 0.3) is 0 Å². The summed E-state index contributed by atoms with van der Waals surface area (Å²) < 4.78 is 14.2. The van der Waals surface area contributed by atoms with Gasteiger partial charge in [-0.25, -0.2) is 4.39 Å². The lowest BCUT2D eigenvalue weighted by molar-refractivity contribution is -0.124. The molecule has 1 amide bonds. The summed E-state index contributed by atoms with van der Waals surface area (Å²) in [7, 11) is 0. The second-order valence-corrected chi connectivity index (χ2v) is 6.91. The van der Waals surface area contributed by atoms with Crippen LogP contribution >= 0.6 is 11.6 Å².